The van der Waals surface area contributed by atoms with Crippen LogP contribution in [0.2, 0.25) is 5.02 Å². The van der Waals surface area contributed by atoms with Gasteiger partial charge in [0, 0.05) is 13.1 Å². The zero-order valence-corrected chi connectivity index (χ0v) is 13.4. The van der Waals surface area contributed by atoms with Crippen LogP contribution in [0.4, 0.5) is 13.2 Å². The van der Waals surface area contributed by atoms with Crippen LogP contribution in [0.1, 0.15) is 13.3 Å². The Bertz CT molecular complexity index is 652. The van der Waals surface area contributed by atoms with Crippen LogP contribution in [-0.2, 0) is 9.59 Å². The first kappa shape index (κ1) is 18.4. The van der Waals surface area contributed by atoms with E-state index in [9.17, 15) is 22.8 Å². The number of hydrogen-bond donors (Lipinski definition) is 1. The number of rotatable bonds is 4. The maximum Gasteiger partial charge on any atom is 0.406 e. The minimum Gasteiger partial charge on any atom is -0.481 e. The van der Waals surface area contributed by atoms with E-state index >= 15 is 0 Å². The fourth-order valence-electron chi connectivity index (χ4n) is 2.56. The second kappa shape index (κ2) is 6.51. The molecule has 0 aromatic heterocycles. The first-order valence-corrected chi connectivity index (χ1v) is 7.46. The molecule has 2 rings (SSSR count). The number of amides is 1. The normalized spacial score (nSPS) is 22.3. The maximum atomic E-state index is 13.1. The van der Waals surface area contributed by atoms with E-state index in [0.717, 1.165) is 4.90 Å². The van der Waals surface area contributed by atoms with Crippen molar-refractivity contribution >= 4 is 23.5 Å². The number of carbonyl (C=O) groups is 2. The van der Waals surface area contributed by atoms with Crippen molar-refractivity contribution in [3.05, 3.63) is 29.3 Å². The standard InChI is InChI=1S/C15H15ClF3NO4/c1-9(24-11-5-3-2-4-10(11)16)12(21)20-7-6-14(8-20,13(22)23)15(17,18)19/h2-5,9H,6-8H2,1H3,(H,22,23). The highest BCUT2D eigenvalue weighted by molar-refractivity contribution is 6.32. The van der Waals surface area contributed by atoms with Gasteiger partial charge in [0.15, 0.2) is 11.5 Å². The molecule has 1 amide bonds. The topological polar surface area (TPSA) is 66.8 Å². The van der Waals surface area contributed by atoms with Crippen molar-refractivity contribution in [2.24, 2.45) is 5.41 Å². The molecule has 1 aromatic rings. The molecule has 1 aromatic carbocycles. The zero-order valence-electron chi connectivity index (χ0n) is 12.6. The molecule has 0 aliphatic carbocycles. The second-order valence-corrected chi connectivity index (χ2v) is 5.99. The number of benzene rings is 1. The van der Waals surface area contributed by atoms with Gasteiger partial charge in [-0.15, -0.1) is 0 Å². The summed E-state index contributed by atoms with van der Waals surface area (Å²) in [6.07, 6.45) is -6.72. The minimum absolute atomic E-state index is 0.222. The minimum atomic E-state index is -4.94. The van der Waals surface area contributed by atoms with Gasteiger partial charge in [0.05, 0.1) is 5.02 Å². The van der Waals surface area contributed by atoms with E-state index in [0.29, 0.717) is 0 Å². The van der Waals surface area contributed by atoms with Crippen molar-refractivity contribution in [2.75, 3.05) is 13.1 Å². The van der Waals surface area contributed by atoms with E-state index < -0.39 is 42.5 Å². The van der Waals surface area contributed by atoms with E-state index in [2.05, 4.69) is 0 Å². The number of aliphatic carboxylic acids is 1. The number of hydrogen-bond acceptors (Lipinski definition) is 3. The largest absolute Gasteiger partial charge is 0.481 e. The Labute approximate surface area is 141 Å². The average molecular weight is 366 g/mol. The zero-order chi connectivity index (χ0) is 18.1. The summed E-state index contributed by atoms with van der Waals surface area (Å²) in [4.78, 5) is 24.3. The van der Waals surface area contributed by atoms with E-state index in [1.54, 1.807) is 18.2 Å². The van der Waals surface area contributed by atoms with Crippen LogP contribution in [0, 0.1) is 5.41 Å². The van der Waals surface area contributed by atoms with E-state index in [1.807, 2.05) is 0 Å². The monoisotopic (exact) mass is 365 g/mol. The molecule has 9 heteroatoms. The summed E-state index contributed by atoms with van der Waals surface area (Å²) in [5, 5.41) is 9.26. The molecule has 1 N–H and O–H groups in total. The van der Waals surface area contributed by atoms with Gasteiger partial charge in [-0.2, -0.15) is 13.2 Å². The smallest absolute Gasteiger partial charge is 0.406 e. The van der Waals surface area contributed by atoms with Gasteiger partial charge >= 0.3 is 12.1 Å². The highest BCUT2D eigenvalue weighted by Crippen LogP contribution is 2.45. The summed E-state index contributed by atoms with van der Waals surface area (Å²) >= 11 is 5.90. The lowest BCUT2D eigenvalue weighted by atomic mass is 9.86. The Morgan fingerprint density at radius 2 is 2.00 bits per heavy atom. The Kier molecular flexibility index (Phi) is 4.98. The van der Waals surface area contributed by atoms with Crippen LogP contribution in [0.5, 0.6) is 5.75 Å². The van der Waals surface area contributed by atoms with E-state index in [1.165, 1.54) is 13.0 Å². The molecule has 2 atom stereocenters. The molecule has 1 aliphatic heterocycles. The van der Waals surface area contributed by atoms with Gasteiger partial charge in [0.25, 0.3) is 5.91 Å². The van der Waals surface area contributed by atoms with Gasteiger partial charge in [0.1, 0.15) is 5.75 Å². The average Bonchev–Trinajstić information content (AvgIpc) is 2.95. The summed E-state index contributed by atoms with van der Waals surface area (Å²) in [6.45, 7) is 0.141. The molecule has 2 unspecified atom stereocenters. The summed E-state index contributed by atoms with van der Waals surface area (Å²) in [6, 6.07) is 6.36. The Hall–Kier alpha value is -1.96. The van der Waals surface area contributed by atoms with Crippen LogP contribution in [0.15, 0.2) is 24.3 Å². The number of carboxylic acid groups (broad SMARTS) is 1. The van der Waals surface area contributed by atoms with Crippen molar-refractivity contribution in [3.8, 4) is 5.75 Å². The molecule has 0 saturated carbocycles. The Morgan fingerprint density at radius 1 is 1.38 bits per heavy atom. The third-order valence-corrected chi connectivity index (χ3v) is 4.33. The molecule has 0 spiro atoms. The quantitative estimate of drug-likeness (QED) is 0.890. The molecule has 1 saturated heterocycles. The van der Waals surface area contributed by atoms with Crippen LogP contribution in [0.25, 0.3) is 0 Å². The van der Waals surface area contributed by atoms with Crippen LogP contribution in [-0.4, -0.2) is 47.3 Å². The van der Waals surface area contributed by atoms with Crippen molar-refractivity contribution in [1.29, 1.82) is 0 Å². The molecule has 0 radical (unpaired) electrons. The number of carbonyl (C=O) groups excluding carboxylic acids is 1. The Morgan fingerprint density at radius 3 is 2.50 bits per heavy atom. The van der Waals surface area contributed by atoms with Gasteiger partial charge in [-0.25, -0.2) is 0 Å². The lowest BCUT2D eigenvalue weighted by Crippen LogP contribution is -2.49. The predicted octanol–water partition coefficient (Wildman–Crippen LogP) is 2.97. The number of likely N-dealkylation sites (tertiary alicyclic amines) is 1. The van der Waals surface area contributed by atoms with Crippen LogP contribution < -0.4 is 4.74 Å². The highest BCUT2D eigenvalue weighted by Gasteiger charge is 2.64. The molecule has 0 bridgehead atoms. The molecular formula is C15H15ClF3NO4. The lowest BCUT2D eigenvalue weighted by molar-refractivity contribution is -0.227. The number of para-hydroxylation sites is 1. The van der Waals surface area contributed by atoms with Gasteiger partial charge in [-0.3, -0.25) is 9.59 Å². The first-order chi connectivity index (χ1) is 11.1. The van der Waals surface area contributed by atoms with Gasteiger partial charge in [-0.1, -0.05) is 23.7 Å². The number of ether oxygens (including phenoxy) is 1. The molecule has 1 fully saturated rings. The third kappa shape index (κ3) is 3.28. The highest BCUT2D eigenvalue weighted by atomic mass is 35.5. The Balaban J connectivity index is 2.11. The van der Waals surface area contributed by atoms with Crippen molar-refractivity contribution in [1.82, 2.24) is 4.90 Å². The third-order valence-electron chi connectivity index (χ3n) is 4.02. The molecule has 1 aliphatic rings. The second-order valence-electron chi connectivity index (χ2n) is 5.59. The lowest BCUT2D eigenvalue weighted by Gasteiger charge is -2.28. The molecule has 24 heavy (non-hydrogen) atoms. The summed E-state index contributed by atoms with van der Waals surface area (Å²) in [7, 11) is 0. The predicted molar refractivity (Wildman–Crippen MR) is 78.9 cm³/mol. The SMILES string of the molecule is CC(Oc1ccccc1Cl)C(=O)N1CCC(C(=O)O)(C(F)(F)F)C1. The van der Waals surface area contributed by atoms with Crippen LogP contribution >= 0.6 is 11.6 Å². The molecular weight excluding hydrogens is 351 g/mol. The van der Waals surface area contributed by atoms with Gasteiger partial charge in [0.2, 0.25) is 0 Å². The fraction of sp³-hybridized carbons (Fsp3) is 0.467. The summed E-state index contributed by atoms with van der Waals surface area (Å²) in [5.74, 6) is -2.48. The van der Waals surface area contributed by atoms with E-state index in [4.69, 9.17) is 21.4 Å². The summed E-state index contributed by atoms with van der Waals surface area (Å²) in [5.41, 5.74) is -2.94. The molecule has 132 valence electrons. The van der Waals surface area contributed by atoms with Crippen molar-refractivity contribution in [2.45, 2.75) is 25.6 Å². The maximum absolute atomic E-state index is 13.1. The van der Waals surface area contributed by atoms with Crippen molar-refractivity contribution < 1.29 is 32.6 Å². The number of alkyl halides is 3. The number of halogens is 4. The molecule has 5 nitrogen and oxygen atoms in total. The van der Waals surface area contributed by atoms with Crippen LogP contribution in [0.3, 0.4) is 0 Å². The first-order valence-electron chi connectivity index (χ1n) is 7.08. The van der Waals surface area contributed by atoms with Crippen molar-refractivity contribution in [3.63, 3.8) is 0 Å². The number of nitrogens with zero attached hydrogens (tertiary/aromatic N) is 1. The fourth-order valence-corrected chi connectivity index (χ4v) is 2.74. The van der Waals surface area contributed by atoms with Gasteiger partial charge in [-0.05, 0) is 25.5 Å². The number of carboxylic acids is 1. The summed E-state index contributed by atoms with van der Waals surface area (Å²) < 4.78 is 44.8. The van der Waals surface area contributed by atoms with Gasteiger partial charge < -0.3 is 14.7 Å². The van der Waals surface area contributed by atoms with E-state index in [-0.39, 0.29) is 17.3 Å². The molecule has 1 heterocycles.